The van der Waals surface area contributed by atoms with Crippen LogP contribution in [-0.2, 0) is 0 Å². The molecule has 4 heteroatoms. The molecule has 2 aliphatic carbocycles. The standard InChI is InChI=1S/C22H23NO3/c1-26-16-4-2-3-14(10-16)21-20-13-6-5-12(9-13)19(20)17-11-15(22(24)25)7-8-18(17)23-21/h2-4,7-8,10-13,19-21,23H,5-6,9H2,1H3,(H,24,25)/p-1/t12-,13-,19+,20-,21-/m0/s1. The number of anilines is 1. The fourth-order valence-corrected chi connectivity index (χ4v) is 5.78. The zero-order valence-electron chi connectivity index (χ0n) is 14.8. The van der Waals surface area contributed by atoms with Crippen LogP contribution in [-0.4, -0.2) is 13.1 Å². The van der Waals surface area contributed by atoms with Crippen LogP contribution in [0.4, 0.5) is 5.69 Å². The smallest absolute Gasteiger partial charge is 0.119 e. The Morgan fingerprint density at radius 2 is 2.00 bits per heavy atom. The molecule has 0 aromatic heterocycles. The van der Waals surface area contributed by atoms with Crippen molar-refractivity contribution in [3.05, 3.63) is 59.2 Å². The summed E-state index contributed by atoms with van der Waals surface area (Å²) in [6, 6.07) is 14.0. The summed E-state index contributed by atoms with van der Waals surface area (Å²) in [5.74, 6) is 2.08. The lowest BCUT2D eigenvalue weighted by atomic mass is 9.68. The van der Waals surface area contributed by atoms with E-state index in [1.807, 2.05) is 24.3 Å². The molecule has 0 spiro atoms. The molecule has 2 bridgehead atoms. The van der Waals surface area contributed by atoms with Crippen molar-refractivity contribution in [2.45, 2.75) is 31.2 Å². The summed E-state index contributed by atoms with van der Waals surface area (Å²) in [6.45, 7) is 0. The van der Waals surface area contributed by atoms with Gasteiger partial charge in [0.15, 0.2) is 0 Å². The Morgan fingerprint density at radius 1 is 1.15 bits per heavy atom. The van der Waals surface area contributed by atoms with Crippen molar-refractivity contribution < 1.29 is 14.6 Å². The van der Waals surface area contributed by atoms with Crippen LogP contribution in [0.5, 0.6) is 5.75 Å². The van der Waals surface area contributed by atoms with Crippen LogP contribution in [0, 0.1) is 17.8 Å². The van der Waals surface area contributed by atoms with Crippen LogP contribution < -0.4 is 15.2 Å². The third kappa shape index (κ3) is 2.24. The third-order valence-electron chi connectivity index (χ3n) is 6.78. The molecule has 3 aliphatic rings. The Bertz CT molecular complexity index is 877. The Labute approximate surface area is 153 Å². The van der Waals surface area contributed by atoms with Crippen molar-refractivity contribution in [2.24, 2.45) is 17.8 Å². The maximum atomic E-state index is 11.3. The zero-order valence-corrected chi connectivity index (χ0v) is 14.8. The molecule has 2 aromatic rings. The first-order chi connectivity index (χ1) is 12.7. The van der Waals surface area contributed by atoms with Gasteiger partial charge in [0, 0.05) is 5.69 Å². The van der Waals surface area contributed by atoms with Gasteiger partial charge in [0.1, 0.15) is 5.75 Å². The SMILES string of the molecule is COc1cccc([C@@H]2Nc3ccc(C(=O)[O-])cc3[C@H]3[C@H]4CC[C@@H](C4)[C@@H]32)c1. The number of nitrogens with one attached hydrogen (secondary N) is 1. The van der Waals surface area contributed by atoms with Crippen LogP contribution >= 0.6 is 0 Å². The number of hydrogen-bond donors (Lipinski definition) is 1. The number of carbonyl (C=O) groups is 1. The molecular formula is C22H22NO3-. The molecule has 26 heavy (non-hydrogen) atoms. The number of ether oxygens (including phenoxy) is 1. The lowest BCUT2D eigenvalue weighted by Gasteiger charge is -2.43. The normalized spacial score (nSPS) is 31.0. The predicted octanol–water partition coefficient (Wildman–Crippen LogP) is 3.36. The third-order valence-corrected chi connectivity index (χ3v) is 6.78. The van der Waals surface area contributed by atoms with Gasteiger partial charge in [-0.05, 0) is 83.9 Å². The summed E-state index contributed by atoms with van der Waals surface area (Å²) >= 11 is 0. The first-order valence-electron chi connectivity index (χ1n) is 9.41. The van der Waals surface area contributed by atoms with E-state index in [-0.39, 0.29) is 11.6 Å². The maximum absolute atomic E-state index is 11.3. The second kappa shape index (κ2) is 5.76. The average molecular weight is 348 g/mol. The number of rotatable bonds is 3. The monoisotopic (exact) mass is 348 g/mol. The van der Waals surface area contributed by atoms with E-state index in [1.165, 1.54) is 30.4 Å². The van der Waals surface area contributed by atoms with Crippen molar-refractivity contribution in [1.29, 1.82) is 0 Å². The van der Waals surface area contributed by atoms with Gasteiger partial charge < -0.3 is 20.0 Å². The fraction of sp³-hybridized carbons (Fsp3) is 0.409. The van der Waals surface area contributed by atoms with Crippen LogP contribution in [0.3, 0.4) is 0 Å². The summed E-state index contributed by atoms with van der Waals surface area (Å²) < 4.78 is 5.43. The second-order valence-electron chi connectivity index (χ2n) is 7.92. The number of benzene rings is 2. The van der Waals surface area contributed by atoms with Crippen LogP contribution in [0.2, 0.25) is 0 Å². The summed E-state index contributed by atoms with van der Waals surface area (Å²) in [5, 5.41) is 15.1. The first-order valence-corrected chi connectivity index (χ1v) is 9.41. The van der Waals surface area contributed by atoms with Gasteiger partial charge in [-0.1, -0.05) is 18.2 Å². The zero-order chi connectivity index (χ0) is 17.8. The molecular weight excluding hydrogens is 326 g/mol. The van der Waals surface area contributed by atoms with E-state index in [2.05, 4.69) is 17.4 Å². The lowest BCUT2D eigenvalue weighted by molar-refractivity contribution is -0.255. The molecule has 2 aromatic carbocycles. The summed E-state index contributed by atoms with van der Waals surface area (Å²) in [5.41, 5.74) is 3.77. The topological polar surface area (TPSA) is 61.4 Å². The largest absolute Gasteiger partial charge is 0.545 e. The van der Waals surface area contributed by atoms with Crippen LogP contribution in [0.1, 0.15) is 52.7 Å². The van der Waals surface area contributed by atoms with Gasteiger partial charge in [-0.25, -0.2) is 0 Å². The number of methoxy groups -OCH3 is 1. The molecule has 1 heterocycles. The number of fused-ring (bicyclic) bond motifs is 7. The molecule has 2 fully saturated rings. The van der Waals surface area contributed by atoms with Crippen molar-refractivity contribution in [1.82, 2.24) is 0 Å². The molecule has 134 valence electrons. The molecule has 2 saturated carbocycles. The molecule has 1 N–H and O–H groups in total. The summed E-state index contributed by atoms with van der Waals surface area (Å²) in [4.78, 5) is 11.3. The van der Waals surface area contributed by atoms with E-state index >= 15 is 0 Å². The number of carbonyl (C=O) groups excluding carboxylic acids is 1. The number of carboxylic acids is 1. The minimum Gasteiger partial charge on any atom is -0.545 e. The number of aromatic carboxylic acids is 1. The van der Waals surface area contributed by atoms with Crippen LogP contribution in [0.15, 0.2) is 42.5 Å². The number of hydrogen-bond acceptors (Lipinski definition) is 4. The van der Waals surface area contributed by atoms with Crippen molar-refractivity contribution >= 4 is 11.7 Å². The van der Waals surface area contributed by atoms with Gasteiger partial charge in [-0.15, -0.1) is 0 Å². The molecule has 4 nitrogen and oxygen atoms in total. The van der Waals surface area contributed by atoms with Crippen molar-refractivity contribution in [3.63, 3.8) is 0 Å². The Balaban J connectivity index is 1.62. The van der Waals surface area contributed by atoms with E-state index in [1.54, 1.807) is 13.2 Å². The minimum atomic E-state index is -1.09. The average Bonchev–Trinajstić information content (AvgIpc) is 3.29. The van der Waals surface area contributed by atoms with Gasteiger partial charge >= 0.3 is 0 Å². The molecule has 5 atom stereocenters. The van der Waals surface area contributed by atoms with E-state index in [4.69, 9.17) is 4.74 Å². The van der Waals surface area contributed by atoms with E-state index in [0.29, 0.717) is 23.7 Å². The molecule has 0 amide bonds. The minimum absolute atomic E-state index is 0.242. The number of carboxylic acid groups (broad SMARTS) is 1. The Hall–Kier alpha value is -2.49. The highest BCUT2D eigenvalue weighted by Gasteiger charge is 2.53. The van der Waals surface area contributed by atoms with E-state index in [9.17, 15) is 9.90 Å². The van der Waals surface area contributed by atoms with Gasteiger partial charge in [-0.2, -0.15) is 0 Å². The molecule has 1 aliphatic heterocycles. The van der Waals surface area contributed by atoms with Gasteiger partial charge in [0.25, 0.3) is 0 Å². The highest BCUT2D eigenvalue weighted by atomic mass is 16.5. The van der Waals surface area contributed by atoms with Crippen LogP contribution in [0.25, 0.3) is 0 Å². The predicted molar refractivity (Wildman–Crippen MR) is 97.2 cm³/mol. The van der Waals surface area contributed by atoms with Gasteiger partial charge in [0.2, 0.25) is 0 Å². The van der Waals surface area contributed by atoms with Crippen molar-refractivity contribution in [3.8, 4) is 5.75 Å². The maximum Gasteiger partial charge on any atom is 0.119 e. The van der Waals surface area contributed by atoms with Gasteiger partial charge in [0.05, 0.1) is 19.1 Å². The Morgan fingerprint density at radius 3 is 2.81 bits per heavy atom. The van der Waals surface area contributed by atoms with E-state index < -0.39 is 5.97 Å². The quantitative estimate of drug-likeness (QED) is 0.924. The first kappa shape index (κ1) is 15.7. The highest BCUT2D eigenvalue weighted by molar-refractivity contribution is 5.87. The highest BCUT2D eigenvalue weighted by Crippen LogP contribution is 2.63. The van der Waals surface area contributed by atoms with Crippen molar-refractivity contribution in [2.75, 3.05) is 12.4 Å². The lowest BCUT2D eigenvalue weighted by Crippen LogP contribution is -2.36. The molecule has 0 saturated heterocycles. The molecule has 0 unspecified atom stereocenters. The summed E-state index contributed by atoms with van der Waals surface area (Å²) in [7, 11) is 1.70. The Kier molecular flexibility index (Phi) is 3.49. The van der Waals surface area contributed by atoms with E-state index in [0.717, 1.165) is 11.4 Å². The molecule has 5 rings (SSSR count). The fourth-order valence-electron chi connectivity index (χ4n) is 5.78. The molecule has 0 radical (unpaired) electrons. The van der Waals surface area contributed by atoms with Gasteiger partial charge in [-0.3, -0.25) is 0 Å². The second-order valence-corrected chi connectivity index (χ2v) is 7.92. The summed E-state index contributed by atoms with van der Waals surface area (Å²) in [6.07, 6.45) is 3.79.